The number of carbonyl (C=O) groups excluding carboxylic acids is 2. The van der Waals surface area contributed by atoms with E-state index in [2.05, 4.69) is 17.1 Å². The largest absolute Gasteiger partial charge is 0.450 e. The number of amides is 1. The lowest BCUT2D eigenvalue weighted by Crippen LogP contribution is -2.47. The number of hydrogen-bond donors (Lipinski definition) is 1. The minimum Gasteiger partial charge on any atom is -0.450 e. The molecule has 0 aromatic heterocycles. The Morgan fingerprint density at radius 1 is 1.32 bits per heavy atom. The molecule has 1 fully saturated rings. The van der Waals surface area contributed by atoms with Gasteiger partial charge in [0.2, 0.25) is 0 Å². The van der Waals surface area contributed by atoms with Crippen LogP contribution in [0.15, 0.2) is 29.3 Å². The van der Waals surface area contributed by atoms with Gasteiger partial charge in [0.15, 0.2) is 0 Å². The first kappa shape index (κ1) is 17.6. The number of anilines is 1. The van der Waals surface area contributed by atoms with Crippen molar-refractivity contribution in [2.75, 3.05) is 25.0 Å². The van der Waals surface area contributed by atoms with E-state index < -0.39 is 11.6 Å². The highest BCUT2D eigenvalue weighted by atomic mass is 19.1. The van der Waals surface area contributed by atoms with E-state index in [0.29, 0.717) is 35.2 Å². The van der Waals surface area contributed by atoms with Crippen LogP contribution in [0.3, 0.4) is 0 Å². The second-order valence-corrected chi connectivity index (χ2v) is 6.73. The zero-order valence-electron chi connectivity index (χ0n) is 14.8. The number of esters is 1. The van der Waals surface area contributed by atoms with Crippen LogP contribution >= 0.6 is 0 Å². The topological polar surface area (TPSA) is 58.6 Å². The molecule has 1 aromatic rings. The summed E-state index contributed by atoms with van der Waals surface area (Å²) < 4.78 is 18.9. The summed E-state index contributed by atoms with van der Waals surface area (Å²) >= 11 is 0. The quantitative estimate of drug-likeness (QED) is 0.855. The lowest BCUT2D eigenvalue weighted by molar-refractivity contribution is -0.150. The van der Waals surface area contributed by atoms with E-state index in [1.54, 1.807) is 13.8 Å². The van der Waals surface area contributed by atoms with E-state index >= 15 is 0 Å². The second kappa shape index (κ2) is 6.59. The van der Waals surface area contributed by atoms with Crippen molar-refractivity contribution in [1.82, 2.24) is 4.90 Å². The molecule has 1 aromatic carbocycles. The van der Waals surface area contributed by atoms with E-state index in [-0.39, 0.29) is 11.7 Å². The smallest absolute Gasteiger partial charge is 0.335 e. The standard InChI is InChI=1S/C19H23FN2O3/c1-4-22-9-7-19(8-10-22)16(13(3)18(24)25-19)17(23)21-15-6-5-14(20)11-12(15)2/h5-6,11H,4,7-10H2,1-3H3,(H,21,23). The van der Waals surface area contributed by atoms with Crippen molar-refractivity contribution in [2.24, 2.45) is 0 Å². The molecule has 1 amide bonds. The first-order chi connectivity index (χ1) is 11.9. The normalized spacial score (nSPS) is 20.1. The van der Waals surface area contributed by atoms with Crippen molar-refractivity contribution < 1.29 is 18.7 Å². The Kier molecular flexibility index (Phi) is 4.64. The average Bonchev–Trinajstić information content (AvgIpc) is 2.81. The molecule has 2 aliphatic rings. The van der Waals surface area contributed by atoms with E-state index in [9.17, 15) is 14.0 Å². The van der Waals surface area contributed by atoms with Crippen LogP contribution in [0.1, 0.15) is 32.3 Å². The number of benzene rings is 1. The third-order valence-electron chi connectivity index (χ3n) is 5.20. The predicted octanol–water partition coefficient (Wildman–Crippen LogP) is 2.80. The highest BCUT2D eigenvalue weighted by Gasteiger charge is 2.50. The van der Waals surface area contributed by atoms with Gasteiger partial charge in [-0.05, 0) is 44.2 Å². The van der Waals surface area contributed by atoms with Crippen LogP contribution in [0.2, 0.25) is 0 Å². The van der Waals surface area contributed by atoms with Crippen molar-refractivity contribution in [3.8, 4) is 0 Å². The maximum atomic E-state index is 13.3. The molecule has 3 rings (SSSR count). The predicted molar refractivity (Wildman–Crippen MR) is 92.6 cm³/mol. The Hall–Kier alpha value is -2.21. The number of rotatable bonds is 3. The molecular formula is C19H23FN2O3. The van der Waals surface area contributed by atoms with Crippen molar-refractivity contribution >= 4 is 17.6 Å². The van der Waals surface area contributed by atoms with Crippen molar-refractivity contribution in [1.29, 1.82) is 0 Å². The highest BCUT2D eigenvalue weighted by Crippen LogP contribution is 2.41. The maximum Gasteiger partial charge on any atom is 0.335 e. The van der Waals surface area contributed by atoms with Gasteiger partial charge in [-0.1, -0.05) is 6.92 Å². The number of hydrogen-bond acceptors (Lipinski definition) is 4. The fourth-order valence-electron chi connectivity index (χ4n) is 3.66. The zero-order valence-corrected chi connectivity index (χ0v) is 14.8. The van der Waals surface area contributed by atoms with Gasteiger partial charge >= 0.3 is 5.97 Å². The number of ether oxygens (including phenoxy) is 1. The van der Waals surface area contributed by atoms with Crippen LogP contribution in [0.25, 0.3) is 0 Å². The summed E-state index contributed by atoms with van der Waals surface area (Å²) in [6.45, 7) is 7.95. The number of nitrogens with zero attached hydrogens (tertiary/aromatic N) is 1. The second-order valence-electron chi connectivity index (χ2n) is 6.73. The molecule has 25 heavy (non-hydrogen) atoms. The van der Waals surface area contributed by atoms with Gasteiger partial charge in [0, 0.05) is 37.2 Å². The summed E-state index contributed by atoms with van der Waals surface area (Å²) in [4.78, 5) is 27.3. The molecule has 5 nitrogen and oxygen atoms in total. The molecule has 0 radical (unpaired) electrons. The number of carbonyl (C=O) groups is 2. The minimum absolute atomic E-state index is 0.344. The van der Waals surface area contributed by atoms with Gasteiger partial charge in [0.1, 0.15) is 11.4 Å². The lowest BCUT2D eigenvalue weighted by Gasteiger charge is -2.39. The van der Waals surface area contributed by atoms with Gasteiger partial charge in [0.05, 0.1) is 5.57 Å². The van der Waals surface area contributed by atoms with Crippen LogP contribution in [-0.2, 0) is 14.3 Å². The summed E-state index contributed by atoms with van der Waals surface area (Å²) in [5.41, 5.74) is 1.10. The van der Waals surface area contributed by atoms with Gasteiger partial charge < -0.3 is 15.0 Å². The number of aryl methyl sites for hydroxylation is 1. The van der Waals surface area contributed by atoms with E-state index in [1.807, 2.05) is 0 Å². The SMILES string of the molecule is CCN1CCC2(CC1)OC(=O)C(C)=C2C(=O)Nc1ccc(F)cc1C. The molecule has 0 unspecified atom stereocenters. The highest BCUT2D eigenvalue weighted by molar-refractivity contribution is 6.12. The molecule has 1 spiro atoms. The van der Waals surface area contributed by atoms with Gasteiger partial charge in [-0.2, -0.15) is 0 Å². The van der Waals surface area contributed by atoms with E-state index in [0.717, 1.165) is 19.6 Å². The number of nitrogens with one attached hydrogen (secondary N) is 1. The summed E-state index contributed by atoms with van der Waals surface area (Å²) in [5.74, 6) is -1.12. The van der Waals surface area contributed by atoms with E-state index in [4.69, 9.17) is 4.74 Å². The van der Waals surface area contributed by atoms with Gasteiger partial charge in [0.25, 0.3) is 5.91 Å². The summed E-state index contributed by atoms with van der Waals surface area (Å²) in [6.07, 6.45) is 1.21. The van der Waals surface area contributed by atoms with Gasteiger partial charge in [-0.15, -0.1) is 0 Å². The molecule has 1 N–H and O–H groups in total. The maximum absolute atomic E-state index is 13.3. The molecule has 0 atom stereocenters. The van der Waals surface area contributed by atoms with Crippen LogP contribution in [0.4, 0.5) is 10.1 Å². The van der Waals surface area contributed by atoms with Gasteiger partial charge in [-0.25, -0.2) is 9.18 Å². The molecule has 0 saturated carbocycles. The Bertz CT molecular complexity index is 749. The zero-order chi connectivity index (χ0) is 18.2. The fraction of sp³-hybridized carbons (Fsp3) is 0.474. The molecule has 134 valence electrons. The minimum atomic E-state index is -0.842. The molecule has 1 saturated heterocycles. The molecule has 2 aliphatic heterocycles. The lowest BCUT2D eigenvalue weighted by atomic mass is 9.82. The van der Waals surface area contributed by atoms with Gasteiger partial charge in [-0.3, -0.25) is 4.79 Å². The molecular weight excluding hydrogens is 323 g/mol. The summed E-state index contributed by atoms with van der Waals surface area (Å²) in [7, 11) is 0. The Labute approximate surface area is 146 Å². The summed E-state index contributed by atoms with van der Waals surface area (Å²) in [6, 6.07) is 4.20. The fourth-order valence-corrected chi connectivity index (χ4v) is 3.66. The third-order valence-corrected chi connectivity index (χ3v) is 5.20. The number of piperidine rings is 1. The van der Waals surface area contributed by atoms with Crippen LogP contribution in [-0.4, -0.2) is 42.0 Å². The van der Waals surface area contributed by atoms with Crippen LogP contribution in [0, 0.1) is 12.7 Å². The van der Waals surface area contributed by atoms with Crippen molar-refractivity contribution in [3.05, 3.63) is 40.7 Å². The van der Waals surface area contributed by atoms with Crippen LogP contribution in [0.5, 0.6) is 0 Å². The average molecular weight is 346 g/mol. The third kappa shape index (κ3) is 3.18. The Balaban J connectivity index is 1.87. The Morgan fingerprint density at radius 3 is 2.60 bits per heavy atom. The first-order valence-electron chi connectivity index (χ1n) is 8.61. The monoisotopic (exact) mass is 346 g/mol. The molecule has 2 heterocycles. The summed E-state index contributed by atoms with van der Waals surface area (Å²) in [5, 5.41) is 2.82. The van der Waals surface area contributed by atoms with Crippen LogP contribution < -0.4 is 5.32 Å². The number of halogens is 1. The molecule has 6 heteroatoms. The number of likely N-dealkylation sites (tertiary alicyclic amines) is 1. The Morgan fingerprint density at radius 2 is 2.00 bits per heavy atom. The molecule has 0 aliphatic carbocycles. The first-order valence-corrected chi connectivity index (χ1v) is 8.61. The van der Waals surface area contributed by atoms with E-state index in [1.165, 1.54) is 18.2 Å². The van der Waals surface area contributed by atoms with Crippen molar-refractivity contribution in [3.63, 3.8) is 0 Å². The molecule has 0 bridgehead atoms. The van der Waals surface area contributed by atoms with Crippen molar-refractivity contribution in [2.45, 2.75) is 39.2 Å².